The summed E-state index contributed by atoms with van der Waals surface area (Å²) in [5.41, 5.74) is 0.174. The average Bonchev–Trinajstić information content (AvgIpc) is 3.70. The Morgan fingerprint density at radius 1 is 0.911 bits per heavy atom. The highest BCUT2D eigenvalue weighted by molar-refractivity contribution is 6.02. The smallest absolute Gasteiger partial charge is 0.246 e. The zero-order valence-electron chi connectivity index (χ0n) is 25.2. The first-order chi connectivity index (χ1) is 21.9. The Hall–Kier alpha value is -4.63. The Morgan fingerprint density at radius 2 is 1.64 bits per heavy atom. The van der Waals surface area contributed by atoms with Gasteiger partial charge in [-0.3, -0.25) is 14.4 Å². The Kier molecular flexibility index (Phi) is 7.79. The third kappa shape index (κ3) is 5.46. The van der Waals surface area contributed by atoms with E-state index < -0.39 is 29.6 Å². The van der Waals surface area contributed by atoms with E-state index >= 15 is 0 Å². The highest BCUT2D eigenvalue weighted by Gasteiger charge is 2.72. The van der Waals surface area contributed by atoms with E-state index in [1.165, 1.54) is 0 Å². The predicted molar refractivity (Wildman–Crippen MR) is 168 cm³/mol. The number of carbonyl (C=O) groups is 3. The third-order valence-corrected chi connectivity index (χ3v) is 9.46. The van der Waals surface area contributed by atoms with Crippen molar-refractivity contribution >= 4 is 23.4 Å². The number of rotatable bonds is 9. The molecule has 0 unspecified atom stereocenters. The monoisotopic (exact) mass is 607 g/mol. The predicted octanol–water partition coefficient (Wildman–Crippen LogP) is 5.23. The number of para-hydroxylation sites is 1. The zero-order valence-corrected chi connectivity index (χ0v) is 25.2. The van der Waals surface area contributed by atoms with Crippen LogP contribution in [0, 0.1) is 11.8 Å². The number of nitrogens with zero attached hydrogens (tertiary/aromatic N) is 1. The van der Waals surface area contributed by atoms with E-state index in [1.807, 2.05) is 66.7 Å². The number of methoxy groups -OCH3 is 1. The van der Waals surface area contributed by atoms with Gasteiger partial charge in [0, 0.05) is 18.3 Å². The lowest BCUT2D eigenvalue weighted by Gasteiger charge is -2.34. The van der Waals surface area contributed by atoms with E-state index in [1.54, 1.807) is 36.3 Å². The van der Waals surface area contributed by atoms with Gasteiger partial charge in [0.25, 0.3) is 0 Å². The number of nitrogens with one attached hydrogen (secondary N) is 2. The second-order valence-electron chi connectivity index (χ2n) is 12.3. The summed E-state index contributed by atoms with van der Waals surface area (Å²) in [7, 11) is 1.59. The van der Waals surface area contributed by atoms with Gasteiger partial charge in [0.2, 0.25) is 17.7 Å². The molecule has 7 rings (SSSR count). The topological polar surface area (TPSA) is 106 Å². The summed E-state index contributed by atoms with van der Waals surface area (Å²) in [5.74, 6) is -0.433. The van der Waals surface area contributed by atoms with Gasteiger partial charge in [-0.1, -0.05) is 61.7 Å². The number of ether oxygens (including phenoxy) is 3. The molecule has 1 spiro atoms. The molecular formula is C36H37N3O6. The van der Waals surface area contributed by atoms with Crippen LogP contribution in [0.15, 0.2) is 91.0 Å². The van der Waals surface area contributed by atoms with Crippen molar-refractivity contribution in [1.29, 1.82) is 0 Å². The normalized spacial score (nSPS) is 26.9. The fourth-order valence-electron chi connectivity index (χ4n) is 7.39. The lowest BCUT2D eigenvalue weighted by Crippen LogP contribution is -2.56. The SMILES string of the molecule is COc1cccc(CN2C(=O)[C@H]3[C@@H](C(=O)Nc4ccc(Oc5ccccc5)cc4)[C@H]4C=C[C@@]3(O4)[C@H]2C(=O)NC2CCCCC2)c1. The summed E-state index contributed by atoms with van der Waals surface area (Å²) in [6.07, 6.45) is 8.19. The van der Waals surface area contributed by atoms with Gasteiger partial charge in [-0.25, -0.2) is 0 Å². The van der Waals surface area contributed by atoms with Crippen LogP contribution in [0.1, 0.15) is 37.7 Å². The molecule has 3 fully saturated rings. The number of amides is 3. The summed E-state index contributed by atoms with van der Waals surface area (Å²) in [6, 6.07) is 23.2. The Bertz CT molecular complexity index is 1600. The maximum absolute atomic E-state index is 14.3. The second-order valence-corrected chi connectivity index (χ2v) is 12.3. The average molecular weight is 608 g/mol. The van der Waals surface area contributed by atoms with Crippen molar-refractivity contribution in [3.8, 4) is 17.2 Å². The maximum Gasteiger partial charge on any atom is 0.246 e. The number of hydrogen-bond acceptors (Lipinski definition) is 6. The van der Waals surface area contributed by atoms with Crippen LogP contribution in [0.25, 0.3) is 0 Å². The molecule has 232 valence electrons. The van der Waals surface area contributed by atoms with Gasteiger partial charge in [0.15, 0.2) is 0 Å². The molecule has 3 amide bonds. The molecule has 2 saturated heterocycles. The van der Waals surface area contributed by atoms with E-state index in [0.717, 1.165) is 37.7 Å². The van der Waals surface area contributed by atoms with Crippen LogP contribution in [0.5, 0.6) is 17.2 Å². The molecule has 3 aliphatic heterocycles. The fourth-order valence-corrected chi connectivity index (χ4v) is 7.39. The number of hydrogen-bond donors (Lipinski definition) is 2. The molecule has 1 saturated carbocycles. The maximum atomic E-state index is 14.3. The van der Waals surface area contributed by atoms with Gasteiger partial charge in [0.1, 0.15) is 28.9 Å². The summed E-state index contributed by atoms with van der Waals surface area (Å²) in [5, 5.41) is 6.22. The highest BCUT2D eigenvalue weighted by atomic mass is 16.5. The Balaban J connectivity index is 1.14. The minimum absolute atomic E-state index is 0.0611. The van der Waals surface area contributed by atoms with Crippen molar-refractivity contribution in [2.24, 2.45) is 11.8 Å². The first kappa shape index (κ1) is 29.1. The molecule has 4 aliphatic rings. The van der Waals surface area contributed by atoms with E-state index in [9.17, 15) is 14.4 Å². The molecule has 2 N–H and O–H groups in total. The molecule has 3 heterocycles. The number of anilines is 1. The van der Waals surface area contributed by atoms with Crippen molar-refractivity contribution in [3.05, 3.63) is 96.6 Å². The first-order valence-corrected chi connectivity index (χ1v) is 15.7. The number of likely N-dealkylation sites (tertiary alicyclic amines) is 1. The van der Waals surface area contributed by atoms with Crippen molar-refractivity contribution in [2.45, 2.75) is 62.4 Å². The van der Waals surface area contributed by atoms with E-state index in [0.29, 0.717) is 22.9 Å². The summed E-state index contributed by atoms with van der Waals surface area (Å²) in [6.45, 7) is 0.191. The lowest BCUT2D eigenvalue weighted by atomic mass is 9.74. The van der Waals surface area contributed by atoms with Crippen LogP contribution in [-0.2, 0) is 25.7 Å². The molecule has 3 aromatic carbocycles. The van der Waals surface area contributed by atoms with E-state index in [-0.39, 0.29) is 30.3 Å². The van der Waals surface area contributed by atoms with Gasteiger partial charge in [0.05, 0.1) is 25.0 Å². The molecule has 9 heteroatoms. The summed E-state index contributed by atoms with van der Waals surface area (Å²) in [4.78, 5) is 43.9. The number of carbonyl (C=O) groups excluding carboxylic acids is 3. The summed E-state index contributed by atoms with van der Waals surface area (Å²) < 4.78 is 17.8. The first-order valence-electron chi connectivity index (χ1n) is 15.7. The van der Waals surface area contributed by atoms with Crippen molar-refractivity contribution in [2.75, 3.05) is 12.4 Å². The molecular weight excluding hydrogens is 570 g/mol. The van der Waals surface area contributed by atoms with Gasteiger partial charge in [-0.2, -0.15) is 0 Å². The molecule has 9 nitrogen and oxygen atoms in total. The molecule has 2 bridgehead atoms. The van der Waals surface area contributed by atoms with E-state index in [4.69, 9.17) is 14.2 Å². The van der Waals surface area contributed by atoms with Gasteiger partial charge in [-0.15, -0.1) is 0 Å². The van der Waals surface area contributed by atoms with E-state index in [2.05, 4.69) is 10.6 Å². The largest absolute Gasteiger partial charge is 0.497 e. The van der Waals surface area contributed by atoms with Gasteiger partial charge < -0.3 is 29.7 Å². The molecule has 0 aromatic heterocycles. The highest BCUT2D eigenvalue weighted by Crippen LogP contribution is 2.55. The van der Waals surface area contributed by atoms with Crippen molar-refractivity contribution in [3.63, 3.8) is 0 Å². The molecule has 45 heavy (non-hydrogen) atoms. The number of benzene rings is 3. The van der Waals surface area contributed by atoms with Crippen LogP contribution in [-0.4, -0.2) is 53.5 Å². The Labute approximate surface area is 262 Å². The zero-order chi connectivity index (χ0) is 31.0. The van der Waals surface area contributed by atoms with Crippen LogP contribution >= 0.6 is 0 Å². The van der Waals surface area contributed by atoms with Crippen LogP contribution < -0.4 is 20.1 Å². The van der Waals surface area contributed by atoms with Crippen molar-refractivity contribution in [1.82, 2.24) is 10.2 Å². The minimum atomic E-state index is -1.23. The second kappa shape index (κ2) is 12.0. The van der Waals surface area contributed by atoms with Gasteiger partial charge in [-0.05, 0) is 66.9 Å². The molecule has 1 aliphatic carbocycles. The standard InChI is InChI=1S/C36H37N3O6/c1-43-28-14-8-9-23(21-28)22-39-32(34(41)38-24-10-4-2-5-11-24)36-20-19-29(45-36)30(31(36)35(39)42)33(40)37-25-15-17-27(18-16-25)44-26-12-6-3-7-13-26/h3,6-9,12-21,24,29-32H,2,4-5,10-11,22H2,1H3,(H,37,40)(H,38,41)/t29-,30+,31-,32-,36+/m1/s1. The Morgan fingerprint density at radius 3 is 2.40 bits per heavy atom. The third-order valence-electron chi connectivity index (χ3n) is 9.46. The molecule has 3 aromatic rings. The van der Waals surface area contributed by atoms with Crippen LogP contribution in [0.4, 0.5) is 5.69 Å². The molecule has 0 radical (unpaired) electrons. The minimum Gasteiger partial charge on any atom is -0.497 e. The van der Waals surface area contributed by atoms with Crippen LogP contribution in [0.2, 0.25) is 0 Å². The number of fused-ring (bicyclic) bond motifs is 1. The molecule has 5 atom stereocenters. The van der Waals surface area contributed by atoms with Gasteiger partial charge >= 0.3 is 0 Å². The summed E-state index contributed by atoms with van der Waals surface area (Å²) >= 11 is 0. The quantitative estimate of drug-likeness (QED) is 0.323. The lowest BCUT2D eigenvalue weighted by molar-refractivity contribution is -0.142. The van der Waals surface area contributed by atoms with Crippen LogP contribution in [0.3, 0.4) is 0 Å². The fraction of sp³-hybridized carbons (Fsp3) is 0.361. The van der Waals surface area contributed by atoms with Crippen molar-refractivity contribution < 1.29 is 28.6 Å².